The number of nitrogens with zero attached hydrogens (tertiary/aromatic N) is 1. The molecule has 1 aliphatic rings. The molecule has 0 spiro atoms. The number of para-hydroxylation sites is 2. The van der Waals surface area contributed by atoms with E-state index in [9.17, 15) is 13.2 Å². The van der Waals surface area contributed by atoms with Crippen LogP contribution in [0.15, 0.2) is 53.3 Å². The lowest BCUT2D eigenvalue weighted by molar-refractivity contribution is 0.566. The predicted octanol–water partition coefficient (Wildman–Crippen LogP) is 2.35. The van der Waals surface area contributed by atoms with Gasteiger partial charge in [0.25, 0.3) is 0 Å². The fourth-order valence-corrected chi connectivity index (χ4v) is 4.35. The van der Waals surface area contributed by atoms with Gasteiger partial charge in [0.2, 0.25) is 10.0 Å². The van der Waals surface area contributed by atoms with Crippen molar-refractivity contribution in [3.05, 3.63) is 70.1 Å². The molecule has 3 aromatic rings. The number of rotatable bonds is 6. The lowest BCUT2D eigenvalue weighted by atomic mass is 10.1. The minimum absolute atomic E-state index is 0.138. The topological polar surface area (TPSA) is 84.0 Å². The van der Waals surface area contributed by atoms with Crippen LogP contribution in [0.1, 0.15) is 30.9 Å². The molecule has 7 heteroatoms. The van der Waals surface area contributed by atoms with Gasteiger partial charge in [-0.3, -0.25) is 4.57 Å². The molecule has 0 radical (unpaired) electrons. The van der Waals surface area contributed by atoms with Crippen LogP contribution in [0.3, 0.4) is 0 Å². The highest BCUT2D eigenvalue weighted by Gasteiger charge is 2.49. The van der Waals surface area contributed by atoms with Crippen molar-refractivity contribution >= 4 is 21.1 Å². The molecule has 1 aromatic heterocycles. The highest BCUT2D eigenvalue weighted by molar-refractivity contribution is 7.91. The number of H-pyrrole nitrogens is 1. The molecule has 0 amide bonds. The number of hydrogen-bond donors (Lipinski definition) is 2. The van der Waals surface area contributed by atoms with Crippen LogP contribution in [0.5, 0.6) is 0 Å². The van der Waals surface area contributed by atoms with Gasteiger partial charge in [-0.15, -0.1) is 0 Å². The molecule has 0 aliphatic heterocycles. The molecule has 0 saturated heterocycles. The summed E-state index contributed by atoms with van der Waals surface area (Å²) >= 11 is 0. The number of fused-ring (bicyclic) bond motifs is 1. The molecule has 26 heavy (non-hydrogen) atoms. The van der Waals surface area contributed by atoms with E-state index < -0.39 is 14.8 Å². The fraction of sp³-hybridized carbons (Fsp3) is 0.316. The minimum atomic E-state index is -3.27. The van der Waals surface area contributed by atoms with Crippen LogP contribution in [0.25, 0.3) is 11.0 Å². The van der Waals surface area contributed by atoms with Gasteiger partial charge in [-0.2, -0.15) is 0 Å². The first-order chi connectivity index (χ1) is 12.4. The molecule has 6 nitrogen and oxygen atoms in total. The average molecular weight is 371 g/mol. The Morgan fingerprint density at radius 2 is 1.73 bits per heavy atom. The van der Waals surface area contributed by atoms with Gasteiger partial charge in [0.1, 0.15) is 0 Å². The van der Waals surface area contributed by atoms with Crippen molar-refractivity contribution in [1.29, 1.82) is 0 Å². The Bertz CT molecular complexity index is 1110. The molecule has 2 aromatic carbocycles. The Kier molecular flexibility index (Phi) is 4.00. The van der Waals surface area contributed by atoms with Crippen LogP contribution in [-0.2, 0) is 23.1 Å². The van der Waals surface area contributed by atoms with Gasteiger partial charge in [-0.1, -0.05) is 36.4 Å². The lowest BCUT2D eigenvalue weighted by Gasteiger charge is -2.12. The van der Waals surface area contributed by atoms with Gasteiger partial charge in [-0.25, -0.2) is 17.9 Å². The van der Waals surface area contributed by atoms with Gasteiger partial charge >= 0.3 is 5.69 Å². The van der Waals surface area contributed by atoms with Gasteiger partial charge in [-0.05, 0) is 43.0 Å². The van der Waals surface area contributed by atoms with E-state index in [0.717, 1.165) is 35.0 Å². The molecule has 1 heterocycles. The first-order valence-corrected chi connectivity index (χ1v) is 10.1. The van der Waals surface area contributed by atoms with E-state index in [1.54, 1.807) is 11.5 Å². The van der Waals surface area contributed by atoms with E-state index in [-0.39, 0.29) is 12.2 Å². The first-order valence-electron chi connectivity index (χ1n) is 8.63. The summed E-state index contributed by atoms with van der Waals surface area (Å²) in [6, 6.07) is 15.2. The monoisotopic (exact) mass is 371 g/mol. The molecule has 2 N–H and O–H groups in total. The van der Waals surface area contributed by atoms with E-state index >= 15 is 0 Å². The van der Waals surface area contributed by atoms with E-state index in [1.807, 2.05) is 48.5 Å². The second-order valence-corrected chi connectivity index (χ2v) is 9.41. The van der Waals surface area contributed by atoms with Gasteiger partial charge in [0.05, 0.1) is 22.3 Å². The van der Waals surface area contributed by atoms with Crippen LogP contribution in [-0.4, -0.2) is 22.7 Å². The number of aromatic nitrogens is 2. The van der Waals surface area contributed by atoms with Gasteiger partial charge in [0, 0.05) is 6.54 Å². The summed E-state index contributed by atoms with van der Waals surface area (Å²) in [4.78, 5) is 15.0. The molecule has 0 atom stereocenters. The van der Waals surface area contributed by atoms with Crippen LogP contribution >= 0.6 is 0 Å². The number of benzene rings is 2. The smallest absolute Gasteiger partial charge is 0.306 e. The molecule has 0 bridgehead atoms. The average Bonchev–Trinajstić information content (AvgIpc) is 3.31. The van der Waals surface area contributed by atoms with E-state index in [1.165, 1.54) is 0 Å². The summed E-state index contributed by atoms with van der Waals surface area (Å²) in [5.41, 5.74) is 3.43. The Morgan fingerprint density at radius 3 is 2.42 bits per heavy atom. The van der Waals surface area contributed by atoms with Crippen molar-refractivity contribution in [2.45, 2.75) is 37.6 Å². The summed E-state index contributed by atoms with van der Waals surface area (Å²) in [7, 11) is -3.27. The van der Waals surface area contributed by atoms with Crippen molar-refractivity contribution in [2.24, 2.45) is 0 Å². The molecule has 1 aliphatic carbocycles. The standard InChI is InChI=1S/C19H21N3O3S/c1-19(10-11-19)26(24,25)20-12-14-6-8-15(9-7-14)13-22-17-5-3-2-4-16(17)21-18(22)23/h2-9,20H,10-13H2,1H3,(H,21,23). The summed E-state index contributed by atoms with van der Waals surface area (Å²) in [6.07, 6.45) is 1.45. The van der Waals surface area contributed by atoms with Crippen molar-refractivity contribution in [1.82, 2.24) is 14.3 Å². The number of nitrogens with one attached hydrogen (secondary N) is 2. The van der Waals surface area contributed by atoms with E-state index in [2.05, 4.69) is 9.71 Å². The van der Waals surface area contributed by atoms with Crippen LogP contribution in [0, 0.1) is 0 Å². The number of aromatic amines is 1. The number of sulfonamides is 1. The SMILES string of the molecule is CC1(S(=O)(=O)NCc2ccc(Cn3c(=O)[nH]c4ccccc43)cc2)CC1. The fourth-order valence-electron chi connectivity index (χ4n) is 3.01. The summed E-state index contributed by atoms with van der Waals surface area (Å²) in [6.45, 7) is 2.52. The van der Waals surface area contributed by atoms with Gasteiger partial charge in [0.15, 0.2) is 0 Å². The maximum absolute atomic E-state index is 12.2. The maximum atomic E-state index is 12.2. The third kappa shape index (κ3) is 3.08. The normalized spacial score (nSPS) is 16.0. The first kappa shape index (κ1) is 17.1. The van der Waals surface area contributed by atoms with Crippen molar-refractivity contribution in [2.75, 3.05) is 0 Å². The molecule has 1 saturated carbocycles. The molecule has 136 valence electrons. The Balaban J connectivity index is 1.48. The Labute approximate surface area is 151 Å². The lowest BCUT2D eigenvalue weighted by Crippen LogP contribution is -2.33. The third-order valence-corrected chi connectivity index (χ3v) is 7.34. The Morgan fingerprint density at radius 1 is 1.08 bits per heavy atom. The molecule has 1 fully saturated rings. The second kappa shape index (κ2) is 6.10. The van der Waals surface area contributed by atoms with Crippen molar-refractivity contribution in [3.8, 4) is 0 Å². The van der Waals surface area contributed by atoms with Crippen LogP contribution in [0.4, 0.5) is 0 Å². The zero-order chi connectivity index (χ0) is 18.4. The van der Waals surface area contributed by atoms with Gasteiger partial charge < -0.3 is 4.98 Å². The molecule has 0 unspecified atom stereocenters. The molecule has 4 rings (SSSR count). The van der Waals surface area contributed by atoms with Crippen molar-refractivity contribution in [3.63, 3.8) is 0 Å². The zero-order valence-electron chi connectivity index (χ0n) is 14.5. The van der Waals surface area contributed by atoms with E-state index in [0.29, 0.717) is 6.54 Å². The minimum Gasteiger partial charge on any atom is -0.306 e. The second-order valence-electron chi connectivity index (χ2n) is 7.12. The van der Waals surface area contributed by atoms with Crippen LogP contribution in [0.2, 0.25) is 0 Å². The van der Waals surface area contributed by atoms with E-state index in [4.69, 9.17) is 0 Å². The molecular weight excluding hydrogens is 350 g/mol. The largest absolute Gasteiger partial charge is 0.326 e. The zero-order valence-corrected chi connectivity index (χ0v) is 15.3. The maximum Gasteiger partial charge on any atom is 0.326 e. The summed E-state index contributed by atoms with van der Waals surface area (Å²) in [5.74, 6) is 0. The third-order valence-electron chi connectivity index (χ3n) is 5.11. The summed E-state index contributed by atoms with van der Waals surface area (Å²) < 4.78 is 28.1. The number of hydrogen-bond acceptors (Lipinski definition) is 3. The summed E-state index contributed by atoms with van der Waals surface area (Å²) in [5, 5.41) is 0. The predicted molar refractivity (Wildman–Crippen MR) is 102 cm³/mol. The Hall–Kier alpha value is -2.38. The molecular formula is C19H21N3O3S. The van der Waals surface area contributed by atoms with Crippen molar-refractivity contribution < 1.29 is 8.42 Å². The highest BCUT2D eigenvalue weighted by atomic mass is 32.2. The van der Waals surface area contributed by atoms with Crippen LogP contribution < -0.4 is 10.4 Å². The number of imidazole rings is 1. The quantitative estimate of drug-likeness (QED) is 0.698. The highest BCUT2D eigenvalue weighted by Crippen LogP contribution is 2.42.